The number of thioether (sulfide) groups is 1. The zero-order chi connectivity index (χ0) is 18.0. The number of tetrazole rings is 1. The van der Waals surface area contributed by atoms with Crippen LogP contribution in [0.5, 0.6) is 5.75 Å². The molecule has 0 spiro atoms. The van der Waals surface area contributed by atoms with Crippen molar-refractivity contribution in [2.24, 2.45) is 0 Å². The first-order valence-electron chi connectivity index (χ1n) is 7.54. The van der Waals surface area contributed by atoms with Gasteiger partial charge in [0.1, 0.15) is 17.3 Å². The molecule has 1 unspecified atom stereocenters. The summed E-state index contributed by atoms with van der Waals surface area (Å²) in [7, 11) is 1.61. The number of hydrogen-bond acceptors (Lipinski definition) is 5. The SMILES string of the molecule is COc1ccc(C)cc1-n1nnnc1SC(C)c1ccc(F)c(Cl)c1. The number of methoxy groups -OCH3 is 1. The largest absolute Gasteiger partial charge is 0.494 e. The number of hydrogen-bond donors (Lipinski definition) is 0. The highest BCUT2D eigenvalue weighted by atomic mass is 35.5. The fraction of sp³-hybridized carbons (Fsp3) is 0.235. The zero-order valence-corrected chi connectivity index (χ0v) is 15.5. The Hall–Kier alpha value is -2.12. The molecule has 0 fully saturated rings. The van der Waals surface area contributed by atoms with Gasteiger partial charge < -0.3 is 4.74 Å². The van der Waals surface area contributed by atoms with Crippen LogP contribution in [0.25, 0.3) is 5.69 Å². The van der Waals surface area contributed by atoms with Crippen molar-refractivity contribution >= 4 is 23.4 Å². The number of aromatic nitrogens is 4. The minimum atomic E-state index is -0.433. The second kappa shape index (κ2) is 7.41. The molecule has 0 saturated carbocycles. The molecular weight excluding hydrogens is 363 g/mol. The summed E-state index contributed by atoms with van der Waals surface area (Å²) in [5.41, 5.74) is 2.72. The van der Waals surface area contributed by atoms with Gasteiger partial charge in [-0.3, -0.25) is 0 Å². The van der Waals surface area contributed by atoms with E-state index in [4.69, 9.17) is 16.3 Å². The third kappa shape index (κ3) is 3.77. The van der Waals surface area contributed by atoms with E-state index >= 15 is 0 Å². The first-order valence-corrected chi connectivity index (χ1v) is 8.80. The molecular formula is C17H16ClFN4OS. The minimum absolute atomic E-state index is 0.0151. The summed E-state index contributed by atoms with van der Waals surface area (Å²) >= 11 is 7.33. The van der Waals surface area contributed by atoms with Crippen LogP contribution in [0.3, 0.4) is 0 Å². The van der Waals surface area contributed by atoms with Gasteiger partial charge in [-0.15, -0.1) is 5.10 Å². The van der Waals surface area contributed by atoms with Gasteiger partial charge in [0.15, 0.2) is 0 Å². The van der Waals surface area contributed by atoms with E-state index in [9.17, 15) is 4.39 Å². The predicted octanol–water partition coefficient (Wildman–Crippen LogP) is 4.63. The van der Waals surface area contributed by atoms with Crippen molar-refractivity contribution in [2.75, 3.05) is 7.11 Å². The van der Waals surface area contributed by atoms with Gasteiger partial charge in [-0.2, -0.15) is 4.68 Å². The van der Waals surface area contributed by atoms with Crippen LogP contribution >= 0.6 is 23.4 Å². The standard InChI is InChI=1S/C17H16ClFN4OS/c1-10-4-7-16(24-3)15(8-10)23-17(20-21-22-23)25-11(2)12-5-6-14(19)13(18)9-12/h4-9,11H,1-3H3. The zero-order valence-electron chi connectivity index (χ0n) is 13.9. The Morgan fingerprint density at radius 2 is 2.04 bits per heavy atom. The van der Waals surface area contributed by atoms with Crippen LogP contribution in [0.15, 0.2) is 41.6 Å². The minimum Gasteiger partial charge on any atom is -0.494 e. The van der Waals surface area contributed by atoms with E-state index in [2.05, 4.69) is 15.5 Å². The van der Waals surface area contributed by atoms with E-state index < -0.39 is 5.82 Å². The quantitative estimate of drug-likeness (QED) is 0.606. The van der Waals surface area contributed by atoms with E-state index in [1.165, 1.54) is 17.8 Å². The van der Waals surface area contributed by atoms with Gasteiger partial charge in [0, 0.05) is 5.25 Å². The maximum atomic E-state index is 13.4. The Morgan fingerprint density at radius 3 is 2.76 bits per heavy atom. The predicted molar refractivity (Wildman–Crippen MR) is 96.1 cm³/mol. The highest BCUT2D eigenvalue weighted by Gasteiger charge is 2.18. The average molecular weight is 379 g/mol. The van der Waals surface area contributed by atoms with Gasteiger partial charge in [-0.05, 0) is 59.7 Å². The second-order valence-electron chi connectivity index (χ2n) is 5.48. The molecule has 3 rings (SSSR count). The molecule has 0 bridgehead atoms. The molecule has 2 aromatic carbocycles. The van der Waals surface area contributed by atoms with Crippen molar-refractivity contribution < 1.29 is 9.13 Å². The van der Waals surface area contributed by atoms with Crippen molar-refractivity contribution in [2.45, 2.75) is 24.3 Å². The van der Waals surface area contributed by atoms with Gasteiger partial charge in [0.2, 0.25) is 5.16 Å². The highest BCUT2D eigenvalue weighted by molar-refractivity contribution is 7.99. The molecule has 0 aliphatic heterocycles. The number of rotatable bonds is 5. The molecule has 0 saturated heterocycles. The fourth-order valence-electron chi connectivity index (χ4n) is 2.36. The van der Waals surface area contributed by atoms with Gasteiger partial charge in [0.25, 0.3) is 0 Å². The van der Waals surface area contributed by atoms with Crippen molar-refractivity contribution in [3.8, 4) is 11.4 Å². The number of ether oxygens (including phenoxy) is 1. The fourth-order valence-corrected chi connectivity index (χ4v) is 3.47. The molecule has 0 amide bonds. The van der Waals surface area contributed by atoms with Crippen LogP contribution < -0.4 is 4.74 Å². The molecule has 0 N–H and O–H groups in total. The Bertz CT molecular complexity index is 902. The summed E-state index contributed by atoms with van der Waals surface area (Å²) in [4.78, 5) is 0. The van der Waals surface area contributed by atoms with Crippen molar-refractivity contribution in [1.29, 1.82) is 0 Å². The summed E-state index contributed by atoms with van der Waals surface area (Å²) < 4.78 is 20.4. The van der Waals surface area contributed by atoms with E-state index in [0.717, 1.165) is 16.8 Å². The number of halogens is 2. The van der Waals surface area contributed by atoms with E-state index in [0.29, 0.717) is 10.9 Å². The first kappa shape index (κ1) is 17.7. The lowest BCUT2D eigenvalue weighted by Crippen LogP contribution is -2.03. The lowest BCUT2D eigenvalue weighted by Gasteiger charge is -2.13. The molecule has 1 heterocycles. The van der Waals surface area contributed by atoms with Gasteiger partial charge in [0.05, 0.1) is 12.1 Å². The Labute approximate surface area is 154 Å². The monoisotopic (exact) mass is 378 g/mol. The molecule has 25 heavy (non-hydrogen) atoms. The molecule has 0 aliphatic rings. The van der Waals surface area contributed by atoms with E-state index in [1.807, 2.05) is 32.0 Å². The Kier molecular flexibility index (Phi) is 5.24. The molecule has 5 nitrogen and oxygen atoms in total. The maximum absolute atomic E-state index is 13.4. The lowest BCUT2D eigenvalue weighted by atomic mass is 10.2. The van der Waals surface area contributed by atoms with Crippen LogP contribution in [0.4, 0.5) is 4.39 Å². The van der Waals surface area contributed by atoms with Crippen molar-refractivity contribution in [1.82, 2.24) is 20.2 Å². The van der Waals surface area contributed by atoms with E-state index in [1.54, 1.807) is 23.9 Å². The molecule has 1 aromatic heterocycles. The normalized spacial score (nSPS) is 12.2. The van der Waals surface area contributed by atoms with Crippen molar-refractivity contribution in [3.05, 3.63) is 58.4 Å². The first-order chi connectivity index (χ1) is 12.0. The van der Waals surface area contributed by atoms with Gasteiger partial charge in [-0.1, -0.05) is 35.5 Å². The lowest BCUT2D eigenvalue weighted by molar-refractivity contribution is 0.410. The summed E-state index contributed by atoms with van der Waals surface area (Å²) in [5, 5.41) is 12.7. The molecule has 0 radical (unpaired) electrons. The number of nitrogens with zero attached hydrogens (tertiary/aromatic N) is 4. The molecule has 0 aliphatic carbocycles. The summed E-state index contributed by atoms with van der Waals surface area (Å²) in [6.07, 6.45) is 0. The molecule has 8 heteroatoms. The third-order valence-electron chi connectivity index (χ3n) is 3.70. The summed E-state index contributed by atoms with van der Waals surface area (Å²) in [6, 6.07) is 10.5. The average Bonchev–Trinajstić information content (AvgIpc) is 3.05. The van der Waals surface area contributed by atoms with Gasteiger partial charge >= 0.3 is 0 Å². The second-order valence-corrected chi connectivity index (χ2v) is 7.20. The van der Waals surface area contributed by atoms with Gasteiger partial charge in [-0.25, -0.2) is 4.39 Å². The van der Waals surface area contributed by atoms with Crippen molar-refractivity contribution in [3.63, 3.8) is 0 Å². The van der Waals surface area contributed by atoms with E-state index in [-0.39, 0.29) is 10.3 Å². The molecule has 3 aromatic rings. The summed E-state index contributed by atoms with van der Waals surface area (Å²) in [6.45, 7) is 3.98. The van der Waals surface area contributed by atoms with Crippen LogP contribution in [-0.2, 0) is 0 Å². The number of benzene rings is 2. The smallest absolute Gasteiger partial charge is 0.214 e. The molecule has 130 valence electrons. The highest BCUT2D eigenvalue weighted by Crippen LogP contribution is 2.36. The van der Waals surface area contributed by atoms with Crippen LogP contribution in [0, 0.1) is 12.7 Å². The summed E-state index contributed by atoms with van der Waals surface area (Å²) in [5.74, 6) is 0.245. The molecule has 1 atom stereocenters. The Balaban J connectivity index is 1.92. The number of aryl methyl sites for hydroxylation is 1. The van der Waals surface area contributed by atoms with Crippen LogP contribution in [-0.4, -0.2) is 27.3 Å². The Morgan fingerprint density at radius 1 is 1.24 bits per heavy atom. The van der Waals surface area contributed by atoms with Crippen LogP contribution in [0.1, 0.15) is 23.3 Å². The maximum Gasteiger partial charge on any atom is 0.214 e. The topological polar surface area (TPSA) is 52.8 Å². The van der Waals surface area contributed by atoms with Crippen LogP contribution in [0.2, 0.25) is 5.02 Å². The third-order valence-corrected chi connectivity index (χ3v) is 5.08.